The van der Waals surface area contributed by atoms with Gasteiger partial charge in [-0.25, -0.2) is 0 Å². The molecule has 0 spiro atoms. The van der Waals surface area contributed by atoms with E-state index in [0.29, 0.717) is 17.9 Å². The molecule has 0 aromatic heterocycles. The summed E-state index contributed by atoms with van der Waals surface area (Å²) in [6.45, 7) is 27.5. The fourth-order valence-electron chi connectivity index (χ4n) is 7.06. The molecule has 0 heterocycles. The van der Waals surface area contributed by atoms with Crippen molar-refractivity contribution in [1.29, 1.82) is 0 Å². The van der Waals surface area contributed by atoms with Crippen LogP contribution in [0.1, 0.15) is 115 Å². The van der Waals surface area contributed by atoms with Gasteiger partial charge in [-0.3, -0.25) is 4.79 Å². The lowest BCUT2D eigenvalue weighted by Gasteiger charge is -2.52. The number of carbonyl (C=O) groups is 1. The highest BCUT2D eigenvalue weighted by molar-refractivity contribution is 6.75. The SMILES string of the molecule is CC(=O)c1cc2c(cc1O[Si](C)(C)C(C)(C)C)CCC1C2CC[C@@]2(C)C1CC[C@@H]2O[Si](C)(C)C(C)(C)C. The van der Waals surface area contributed by atoms with Gasteiger partial charge >= 0.3 is 0 Å². The molecule has 1 aromatic carbocycles. The first-order chi connectivity index (χ1) is 16.8. The third-order valence-electron chi connectivity index (χ3n) is 11.5. The maximum Gasteiger partial charge on any atom is 0.250 e. The zero-order chi connectivity index (χ0) is 27.8. The van der Waals surface area contributed by atoms with Crippen molar-refractivity contribution in [2.75, 3.05) is 0 Å². The van der Waals surface area contributed by atoms with Crippen molar-refractivity contribution in [2.24, 2.45) is 17.3 Å². The number of ketones is 1. The first-order valence-electron chi connectivity index (χ1n) is 14.8. The van der Waals surface area contributed by atoms with Crippen LogP contribution in [0, 0.1) is 17.3 Å². The summed E-state index contributed by atoms with van der Waals surface area (Å²) in [7, 11) is -3.84. The van der Waals surface area contributed by atoms with Gasteiger partial charge in [-0.05, 0) is 128 Å². The second-order valence-corrected chi connectivity index (χ2v) is 25.4. The molecule has 0 amide bonds. The molecule has 2 fully saturated rings. The molecule has 0 radical (unpaired) electrons. The van der Waals surface area contributed by atoms with E-state index in [9.17, 15) is 4.79 Å². The van der Waals surface area contributed by atoms with Crippen molar-refractivity contribution in [1.82, 2.24) is 0 Å². The van der Waals surface area contributed by atoms with Gasteiger partial charge in [-0.2, -0.15) is 0 Å². The smallest absolute Gasteiger partial charge is 0.250 e. The Balaban J connectivity index is 1.63. The number of hydrogen-bond donors (Lipinski definition) is 0. The zero-order valence-electron chi connectivity index (χ0n) is 25.9. The molecular formula is C32H54O3Si2. The number of Topliss-reactive ketones (excluding diaryl/α,β-unsaturated/α-hetero) is 1. The Morgan fingerprint density at radius 3 is 2.11 bits per heavy atom. The van der Waals surface area contributed by atoms with Crippen molar-refractivity contribution >= 4 is 22.4 Å². The lowest BCUT2D eigenvalue weighted by molar-refractivity contribution is -0.0165. The van der Waals surface area contributed by atoms with E-state index in [1.807, 2.05) is 0 Å². The van der Waals surface area contributed by atoms with E-state index in [0.717, 1.165) is 23.7 Å². The molecule has 208 valence electrons. The normalized spacial score (nSPS) is 30.4. The van der Waals surface area contributed by atoms with Gasteiger partial charge in [0.25, 0.3) is 8.32 Å². The highest BCUT2D eigenvalue weighted by Gasteiger charge is 2.57. The predicted octanol–water partition coefficient (Wildman–Crippen LogP) is 9.52. The van der Waals surface area contributed by atoms with E-state index in [1.165, 1.54) is 43.2 Å². The Bertz CT molecular complexity index is 1050. The largest absolute Gasteiger partial charge is 0.543 e. The molecule has 3 aliphatic rings. The average molecular weight is 543 g/mol. The topological polar surface area (TPSA) is 35.5 Å². The maximum atomic E-state index is 12.9. The van der Waals surface area contributed by atoms with Crippen LogP contribution in [0.3, 0.4) is 0 Å². The summed E-state index contributed by atoms with van der Waals surface area (Å²) in [5, 5.41) is 0.344. The first kappa shape index (κ1) is 29.1. The molecule has 0 saturated heterocycles. The highest BCUT2D eigenvalue weighted by atomic mass is 28.4. The second kappa shape index (κ2) is 9.33. The van der Waals surface area contributed by atoms with Crippen LogP contribution in [0.15, 0.2) is 12.1 Å². The highest BCUT2D eigenvalue weighted by Crippen LogP contribution is 2.62. The number of rotatable bonds is 5. The van der Waals surface area contributed by atoms with Crippen LogP contribution in [-0.4, -0.2) is 28.5 Å². The lowest BCUT2D eigenvalue weighted by atomic mass is 9.55. The van der Waals surface area contributed by atoms with Crippen molar-refractivity contribution in [3.8, 4) is 5.75 Å². The van der Waals surface area contributed by atoms with Crippen LogP contribution in [0.5, 0.6) is 5.75 Å². The number of benzene rings is 1. The maximum absolute atomic E-state index is 12.9. The van der Waals surface area contributed by atoms with E-state index in [4.69, 9.17) is 8.85 Å². The van der Waals surface area contributed by atoms with E-state index in [1.54, 1.807) is 6.92 Å². The van der Waals surface area contributed by atoms with Crippen LogP contribution in [-0.2, 0) is 10.8 Å². The molecule has 2 saturated carbocycles. The number of hydrogen-bond acceptors (Lipinski definition) is 3. The van der Waals surface area contributed by atoms with E-state index >= 15 is 0 Å². The first-order valence-corrected chi connectivity index (χ1v) is 20.6. The molecule has 37 heavy (non-hydrogen) atoms. The number of aryl methyl sites for hydroxylation is 1. The predicted molar refractivity (Wildman–Crippen MR) is 161 cm³/mol. The molecular weight excluding hydrogens is 489 g/mol. The monoisotopic (exact) mass is 542 g/mol. The molecule has 0 N–H and O–H groups in total. The quantitative estimate of drug-likeness (QED) is 0.274. The molecule has 3 nitrogen and oxygen atoms in total. The van der Waals surface area contributed by atoms with Crippen molar-refractivity contribution in [3.63, 3.8) is 0 Å². The van der Waals surface area contributed by atoms with E-state index < -0.39 is 16.6 Å². The van der Waals surface area contributed by atoms with Crippen molar-refractivity contribution < 1.29 is 13.6 Å². The van der Waals surface area contributed by atoms with Crippen LogP contribution in [0.2, 0.25) is 36.3 Å². The molecule has 5 heteroatoms. The van der Waals surface area contributed by atoms with Crippen molar-refractivity contribution in [2.45, 2.75) is 142 Å². The van der Waals surface area contributed by atoms with Gasteiger partial charge in [0.05, 0.1) is 11.7 Å². The lowest BCUT2D eigenvalue weighted by Crippen LogP contribution is -2.50. The van der Waals surface area contributed by atoms with E-state index in [-0.39, 0.29) is 21.3 Å². The third kappa shape index (κ3) is 5.06. The van der Waals surface area contributed by atoms with Crippen LogP contribution < -0.4 is 4.43 Å². The molecule has 3 unspecified atom stereocenters. The summed E-state index contributed by atoms with van der Waals surface area (Å²) in [6, 6.07) is 4.51. The molecule has 0 aliphatic heterocycles. The van der Waals surface area contributed by atoms with E-state index in [2.05, 4.69) is 86.8 Å². The molecule has 3 aliphatic carbocycles. The van der Waals surface area contributed by atoms with Gasteiger partial charge < -0.3 is 8.85 Å². The zero-order valence-corrected chi connectivity index (χ0v) is 27.9. The third-order valence-corrected chi connectivity index (χ3v) is 20.4. The average Bonchev–Trinajstić information content (AvgIpc) is 3.06. The number of carbonyl (C=O) groups excluding carboxylic acids is 1. The summed E-state index contributed by atoms with van der Waals surface area (Å²) in [5.41, 5.74) is 3.95. The minimum absolute atomic E-state index is 0.0986. The molecule has 5 atom stereocenters. The minimum Gasteiger partial charge on any atom is -0.543 e. The summed E-state index contributed by atoms with van der Waals surface area (Å²) in [6.07, 6.45) is 7.69. The van der Waals surface area contributed by atoms with Gasteiger partial charge in [-0.15, -0.1) is 0 Å². The second-order valence-electron chi connectivity index (χ2n) is 15.9. The van der Waals surface area contributed by atoms with Gasteiger partial charge in [0, 0.05) is 0 Å². The standard InChI is InChI=1S/C32H54O3Si2/c1-21(33)25-20-26-22(19-28(25)34-36(9,10)30(2,3)4)13-14-24-23(26)17-18-32(8)27(24)15-16-29(32)35-37(11,12)31(5,6)7/h19-20,23-24,27,29H,13-18H2,1-12H3/t23?,24?,27?,29-,32-/m0/s1. The Morgan fingerprint density at radius 2 is 1.54 bits per heavy atom. The van der Waals surface area contributed by atoms with Crippen molar-refractivity contribution in [3.05, 3.63) is 28.8 Å². The fourth-order valence-corrected chi connectivity index (χ4v) is 9.54. The number of fused-ring (bicyclic) bond motifs is 5. The van der Waals surface area contributed by atoms with Crippen LogP contribution in [0.4, 0.5) is 0 Å². The Morgan fingerprint density at radius 1 is 0.919 bits per heavy atom. The van der Waals surface area contributed by atoms with Gasteiger partial charge in [0.1, 0.15) is 5.75 Å². The summed E-state index contributed by atoms with van der Waals surface area (Å²) in [4.78, 5) is 12.9. The Hall–Kier alpha value is -0.916. The van der Waals surface area contributed by atoms with Gasteiger partial charge in [-0.1, -0.05) is 48.5 Å². The Labute approximate surface area is 229 Å². The van der Waals surface area contributed by atoms with Gasteiger partial charge in [0.2, 0.25) is 0 Å². The van der Waals surface area contributed by atoms with Crippen LogP contribution >= 0.6 is 0 Å². The van der Waals surface area contributed by atoms with Gasteiger partial charge in [0.15, 0.2) is 14.1 Å². The minimum atomic E-state index is -2.03. The molecule has 0 bridgehead atoms. The molecule has 1 aromatic rings. The fraction of sp³-hybridized carbons (Fsp3) is 0.781. The summed E-state index contributed by atoms with van der Waals surface area (Å²) >= 11 is 0. The summed E-state index contributed by atoms with van der Waals surface area (Å²) < 4.78 is 13.8. The van der Waals surface area contributed by atoms with Crippen LogP contribution in [0.25, 0.3) is 0 Å². The Kier molecular flexibility index (Phi) is 7.33. The summed E-state index contributed by atoms with van der Waals surface area (Å²) in [5.74, 6) is 2.95. The molecule has 4 rings (SSSR count).